The van der Waals surface area contributed by atoms with Crippen molar-refractivity contribution in [3.05, 3.63) is 29.3 Å². The van der Waals surface area contributed by atoms with E-state index in [9.17, 15) is 4.79 Å². The quantitative estimate of drug-likeness (QED) is 0.769. The Morgan fingerprint density at radius 2 is 2.33 bits per heavy atom. The maximum absolute atomic E-state index is 11.7. The highest BCUT2D eigenvalue weighted by Gasteiger charge is 2.24. The lowest BCUT2D eigenvalue weighted by atomic mass is 10.1. The summed E-state index contributed by atoms with van der Waals surface area (Å²) in [6, 6.07) is 5.77. The third-order valence-corrected chi connectivity index (χ3v) is 3.05. The number of benzene rings is 1. The summed E-state index contributed by atoms with van der Waals surface area (Å²) in [6.07, 6.45) is 1.31. The van der Waals surface area contributed by atoms with Gasteiger partial charge in [0.2, 0.25) is 0 Å². The molecule has 1 atom stereocenters. The van der Waals surface area contributed by atoms with Crippen LogP contribution in [0, 0.1) is 6.92 Å². The molecule has 1 fully saturated rings. The lowest BCUT2D eigenvalue weighted by Crippen LogP contribution is -2.21. The fourth-order valence-corrected chi connectivity index (χ4v) is 1.97. The Labute approximate surface area is 107 Å². The summed E-state index contributed by atoms with van der Waals surface area (Å²) in [4.78, 5) is 11.7. The molecule has 18 heavy (non-hydrogen) atoms. The van der Waals surface area contributed by atoms with E-state index in [1.54, 1.807) is 7.11 Å². The van der Waals surface area contributed by atoms with Gasteiger partial charge in [0.15, 0.2) is 6.10 Å². The summed E-state index contributed by atoms with van der Waals surface area (Å²) in [5, 5.41) is 0. The number of aryl methyl sites for hydroxylation is 1. The molecule has 0 N–H and O–H groups in total. The first-order valence-corrected chi connectivity index (χ1v) is 6.12. The van der Waals surface area contributed by atoms with Crippen LogP contribution in [0.2, 0.25) is 0 Å². The monoisotopic (exact) mass is 250 g/mol. The lowest BCUT2D eigenvalue weighted by molar-refractivity contribution is -0.155. The van der Waals surface area contributed by atoms with Gasteiger partial charge in [0.05, 0.1) is 7.11 Å². The fraction of sp³-hybridized carbons (Fsp3) is 0.500. The van der Waals surface area contributed by atoms with Gasteiger partial charge in [-0.2, -0.15) is 0 Å². The molecule has 1 aliphatic heterocycles. The van der Waals surface area contributed by atoms with E-state index in [0.29, 0.717) is 6.61 Å². The van der Waals surface area contributed by atoms with Crippen LogP contribution in [0.1, 0.15) is 24.0 Å². The molecule has 0 unspecified atom stereocenters. The van der Waals surface area contributed by atoms with Crippen molar-refractivity contribution >= 4 is 5.97 Å². The Morgan fingerprint density at radius 1 is 1.50 bits per heavy atom. The number of hydrogen-bond donors (Lipinski definition) is 0. The van der Waals surface area contributed by atoms with Gasteiger partial charge in [-0.25, -0.2) is 4.79 Å². The molecule has 0 radical (unpaired) electrons. The van der Waals surface area contributed by atoms with E-state index >= 15 is 0 Å². The molecule has 2 rings (SSSR count). The number of methoxy groups -OCH3 is 1. The second-order valence-electron chi connectivity index (χ2n) is 4.41. The third kappa shape index (κ3) is 3.01. The topological polar surface area (TPSA) is 44.8 Å². The summed E-state index contributed by atoms with van der Waals surface area (Å²) in [6.45, 7) is 2.88. The molecule has 1 heterocycles. The molecule has 1 saturated heterocycles. The zero-order valence-corrected chi connectivity index (χ0v) is 10.8. The Hall–Kier alpha value is -1.55. The van der Waals surface area contributed by atoms with Gasteiger partial charge in [-0.3, -0.25) is 0 Å². The Kier molecular flexibility index (Phi) is 4.20. The summed E-state index contributed by atoms with van der Waals surface area (Å²) < 4.78 is 15.7. The van der Waals surface area contributed by atoms with Gasteiger partial charge in [0, 0.05) is 6.61 Å². The van der Waals surface area contributed by atoms with Gasteiger partial charge >= 0.3 is 5.97 Å². The van der Waals surface area contributed by atoms with Gasteiger partial charge in [-0.1, -0.05) is 12.1 Å². The molecule has 0 spiro atoms. The van der Waals surface area contributed by atoms with E-state index in [4.69, 9.17) is 14.2 Å². The molecular weight excluding hydrogens is 232 g/mol. The minimum atomic E-state index is -0.377. The van der Waals surface area contributed by atoms with Crippen LogP contribution in [-0.4, -0.2) is 25.8 Å². The molecule has 4 nitrogen and oxygen atoms in total. The molecule has 0 saturated carbocycles. The number of ether oxygens (including phenoxy) is 3. The lowest BCUT2D eigenvalue weighted by Gasteiger charge is -2.11. The van der Waals surface area contributed by atoms with E-state index in [0.717, 1.165) is 29.7 Å². The maximum Gasteiger partial charge on any atom is 0.335 e. The van der Waals surface area contributed by atoms with Crippen molar-refractivity contribution in [2.24, 2.45) is 0 Å². The van der Waals surface area contributed by atoms with E-state index in [1.165, 1.54) is 0 Å². The third-order valence-electron chi connectivity index (χ3n) is 3.05. The normalized spacial score (nSPS) is 18.7. The second-order valence-corrected chi connectivity index (χ2v) is 4.41. The average Bonchev–Trinajstić information content (AvgIpc) is 2.91. The van der Waals surface area contributed by atoms with E-state index in [-0.39, 0.29) is 18.7 Å². The van der Waals surface area contributed by atoms with Gasteiger partial charge < -0.3 is 14.2 Å². The smallest absolute Gasteiger partial charge is 0.335 e. The Bertz CT molecular complexity index is 422. The Balaban J connectivity index is 1.91. The summed E-state index contributed by atoms with van der Waals surface area (Å²) in [7, 11) is 1.63. The van der Waals surface area contributed by atoms with Crippen LogP contribution < -0.4 is 4.74 Å². The molecular formula is C14H18O4. The minimum absolute atomic E-state index is 0.259. The average molecular weight is 250 g/mol. The van der Waals surface area contributed by atoms with E-state index < -0.39 is 0 Å². The number of carbonyl (C=O) groups is 1. The van der Waals surface area contributed by atoms with Crippen LogP contribution in [-0.2, 0) is 20.9 Å². The van der Waals surface area contributed by atoms with Crippen molar-refractivity contribution in [3.8, 4) is 5.75 Å². The first-order valence-electron chi connectivity index (χ1n) is 6.12. The largest absolute Gasteiger partial charge is 0.496 e. The summed E-state index contributed by atoms with van der Waals surface area (Å²) in [5.41, 5.74) is 1.98. The molecule has 4 heteroatoms. The molecule has 0 aliphatic carbocycles. The molecule has 1 aromatic rings. The first kappa shape index (κ1) is 12.9. The number of hydrogen-bond acceptors (Lipinski definition) is 4. The van der Waals surface area contributed by atoms with Crippen LogP contribution in [0.5, 0.6) is 5.75 Å². The fourth-order valence-electron chi connectivity index (χ4n) is 1.97. The van der Waals surface area contributed by atoms with Gasteiger partial charge in [-0.15, -0.1) is 0 Å². The minimum Gasteiger partial charge on any atom is -0.496 e. The number of esters is 1. The molecule has 98 valence electrons. The predicted molar refractivity (Wildman–Crippen MR) is 66.5 cm³/mol. The van der Waals surface area contributed by atoms with Crippen molar-refractivity contribution in [2.45, 2.75) is 32.5 Å². The van der Waals surface area contributed by atoms with Crippen LogP contribution >= 0.6 is 0 Å². The second kappa shape index (κ2) is 5.87. The summed E-state index contributed by atoms with van der Waals surface area (Å²) in [5.74, 6) is 0.535. The van der Waals surface area contributed by atoms with Crippen LogP contribution in [0.4, 0.5) is 0 Å². The van der Waals surface area contributed by atoms with Crippen molar-refractivity contribution in [2.75, 3.05) is 13.7 Å². The predicted octanol–water partition coefficient (Wildman–Crippen LogP) is 2.23. The number of carbonyl (C=O) groups excluding carboxylic acids is 1. The maximum atomic E-state index is 11.7. The highest BCUT2D eigenvalue weighted by molar-refractivity contribution is 5.74. The Morgan fingerprint density at radius 3 is 3.00 bits per heavy atom. The molecule has 0 aromatic heterocycles. The zero-order valence-electron chi connectivity index (χ0n) is 10.8. The molecule has 0 bridgehead atoms. The van der Waals surface area contributed by atoms with Crippen LogP contribution in [0.15, 0.2) is 18.2 Å². The van der Waals surface area contributed by atoms with Crippen LogP contribution in [0.3, 0.4) is 0 Å². The molecule has 1 aromatic carbocycles. The van der Waals surface area contributed by atoms with E-state index in [2.05, 4.69) is 0 Å². The van der Waals surface area contributed by atoms with Crippen molar-refractivity contribution in [1.29, 1.82) is 0 Å². The molecule has 1 aliphatic rings. The highest BCUT2D eigenvalue weighted by Crippen LogP contribution is 2.20. The van der Waals surface area contributed by atoms with Gasteiger partial charge in [-0.05, 0) is 37.0 Å². The molecule has 0 amide bonds. The van der Waals surface area contributed by atoms with Crippen molar-refractivity contribution < 1.29 is 19.0 Å². The van der Waals surface area contributed by atoms with Gasteiger partial charge in [0.25, 0.3) is 0 Å². The SMILES string of the molecule is COc1cc(COC(=O)[C@H]2CCCO2)ccc1C. The standard InChI is InChI=1S/C14H18O4/c1-10-5-6-11(8-13(10)16-2)9-18-14(15)12-4-3-7-17-12/h5-6,8,12H,3-4,7,9H2,1-2H3/t12-/m1/s1. The summed E-state index contributed by atoms with van der Waals surface area (Å²) >= 11 is 0. The van der Waals surface area contributed by atoms with Crippen molar-refractivity contribution in [3.63, 3.8) is 0 Å². The van der Waals surface area contributed by atoms with E-state index in [1.807, 2.05) is 25.1 Å². The van der Waals surface area contributed by atoms with Gasteiger partial charge in [0.1, 0.15) is 12.4 Å². The van der Waals surface area contributed by atoms with Crippen molar-refractivity contribution in [1.82, 2.24) is 0 Å². The zero-order chi connectivity index (χ0) is 13.0. The first-order chi connectivity index (χ1) is 8.70. The highest BCUT2D eigenvalue weighted by atomic mass is 16.6. The number of rotatable bonds is 4. The van der Waals surface area contributed by atoms with Crippen LogP contribution in [0.25, 0.3) is 0 Å².